The number of halogens is 2. The van der Waals surface area contributed by atoms with E-state index < -0.39 is 11.6 Å². The second kappa shape index (κ2) is 6.94. The first-order chi connectivity index (χ1) is 9.65. The van der Waals surface area contributed by atoms with E-state index in [0.717, 1.165) is 31.0 Å². The lowest BCUT2D eigenvalue weighted by molar-refractivity contribution is -0.118. The van der Waals surface area contributed by atoms with Gasteiger partial charge in [-0.05, 0) is 42.2 Å². The minimum absolute atomic E-state index is 0.0433. The molecule has 2 aromatic carbocycles. The van der Waals surface area contributed by atoms with Crippen LogP contribution in [0, 0.1) is 11.6 Å². The van der Waals surface area contributed by atoms with Gasteiger partial charge < -0.3 is 0 Å². The molecule has 0 amide bonds. The maximum Gasteiger partial charge on any atom is 0.137 e. The van der Waals surface area contributed by atoms with Gasteiger partial charge in [0.1, 0.15) is 17.4 Å². The van der Waals surface area contributed by atoms with E-state index in [9.17, 15) is 13.6 Å². The lowest BCUT2D eigenvalue weighted by Gasteiger charge is -2.04. The second-order valence-corrected chi connectivity index (χ2v) is 4.79. The van der Waals surface area contributed by atoms with E-state index >= 15 is 0 Å². The number of Topliss-reactive ketones (excluding diaryl/α,β-unsaturated/α-hetero) is 1. The van der Waals surface area contributed by atoms with Crippen LogP contribution in [0.1, 0.15) is 24.0 Å². The number of carbonyl (C=O) groups excluding carboxylic acids is 1. The van der Waals surface area contributed by atoms with Gasteiger partial charge in [-0.2, -0.15) is 0 Å². The molecule has 0 aromatic heterocycles. The highest BCUT2D eigenvalue weighted by Gasteiger charge is 2.09. The van der Waals surface area contributed by atoms with E-state index in [1.165, 1.54) is 5.56 Å². The van der Waals surface area contributed by atoms with Crippen LogP contribution >= 0.6 is 0 Å². The lowest BCUT2D eigenvalue weighted by atomic mass is 10.0. The monoisotopic (exact) mass is 274 g/mol. The van der Waals surface area contributed by atoms with Crippen LogP contribution in [-0.2, 0) is 17.6 Å². The van der Waals surface area contributed by atoms with Crippen molar-refractivity contribution in [3.05, 3.63) is 71.3 Å². The van der Waals surface area contributed by atoms with E-state index in [2.05, 4.69) is 0 Å². The Balaban J connectivity index is 1.82. The average Bonchev–Trinajstić information content (AvgIpc) is 2.44. The summed E-state index contributed by atoms with van der Waals surface area (Å²) in [4.78, 5) is 11.8. The first kappa shape index (κ1) is 14.4. The Bertz CT molecular complexity index is 579. The molecule has 0 aliphatic carbocycles. The zero-order chi connectivity index (χ0) is 14.4. The summed E-state index contributed by atoms with van der Waals surface area (Å²) >= 11 is 0. The molecule has 0 heterocycles. The molecule has 0 bridgehead atoms. The molecule has 0 unspecified atom stereocenters. The van der Waals surface area contributed by atoms with Gasteiger partial charge in [0.05, 0.1) is 0 Å². The van der Waals surface area contributed by atoms with Gasteiger partial charge >= 0.3 is 0 Å². The summed E-state index contributed by atoms with van der Waals surface area (Å²) in [6, 6.07) is 13.1. The van der Waals surface area contributed by atoms with E-state index in [1.54, 1.807) is 0 Å². The van der Waals surface area contributed by atoms with Crippen LogP contribution in [0.3, 0.4) is 0 Å². The number of carbonyl (C=O) groups is 1. The highest BCUT2D eigenvalue weighted by molar-refractivity contribution is 5.80. The van der Waals surface area contributed by atoms with Gasteiger partial charge in [0, 0.05) is 12.8 Å². The normalized spacial score (nSPS) is 10.5. The molecule has 0 atom stereocenters. The molecule has 20 heavy (non-hydrogen) atoms. The summed E-state index contributed by atoms with van der Waals surface area (Å²) < 4.78 is 26.4. The van der Waals surface area contributed by atoms with Crippen LogP contribution < -0.4 is 0 Å². The molecule has 0 spiro atoms. The molecule has 0 aliphatic rings. The molecule has 2 aromatic rings. The second-order valence-electron chi connectivity index (χ2n) is 4.79. The quantitative estimate of drug-likeness (QED) is 0.775. The predicted octanol–water partition coefficient (Wildman–Crippen LogP) is 4.10. The van der Waals surface area contributed by atoms with Crippen molar-refractivity contribution in [3.63, 3.8) is 0 Å². The minimum Gasteiger partial charge on any atom is -0.299 e. The molecule has 2 rings (SSSR count). The first-order valence-electron chi connectivity index (χ1n) is 6.65. The fraction of sp³-hybridized carbons (Fsp3) is 0.235. The third-order valence-corrected chi connectivity index (χ3v) is 3.16. The van der Waals surface area contributed by atoms with E-state index in [-0.39, 0.29) is 17.8 Å². The van der Waals surface area contributed by atoms with E-state index in [1.807, 2.05) is 30.3 Å². The van der Waals surface area contributed by atoms with Crippen LogP contribution in [-0.4, -0.2) is 5.78 Å². The highest BCUT2D eigenvalue weighted by Crippen LogP contribution is 2.12. The fourth-order valence-electron chi connectivity index (χ4n) is 2.11. The van der Waals surface area contributed by atoms with Gasteiger partial charge in [-0.25, -0.2) is 8.78 Å². The molecule has 0 radical (unpaired) electrons. The van der Waals surface area contributed by atoms with Crippen LogP contribution in [0.15, 0.2) is 48.5 Å². The van der Waals surface area contributed by atoms with Crippen molar-refractivity contribution >= 4 is 5.78 Å². The predicted molar refractivity (Wildman–Crippen MR) is 74.4 cm³/mol. The van der Waals surface area contributed by atoms with Crippen molar-refractivity contribution in [1.82, 2.24) is 0 Å². The highest BCUT2D eigenvalue weighted by atomic mass is 19.1. The van der Waals surface area contributed by atoms with E-state index in [4.69, 9.17) is 0 Å². The summed E-state index contributed by atoms with van der Waals surface area (Å²) in [5, 5.41) is 0. The molecule has 3 heteroatoms. The maximum absolute atomic E-state index is 13.4. The van der Waals surface area contributed by atoms with Gasteiger partial charge in [0.25, 0.3) is 0 Å². The zero-order valence-electron chi connectivity index (χ0n) is 11.1. The number of hydrogen-bond donors (Lipinski definition) is 0. The fourth-order valence-corrected chi connectivity index (χ4v) is 2.11. The van der Waals surface area contributed by atoms with Crippen molar-refractivity contribution in [2.75, 3.05) is 0 Å². The average molecular weight is 274 g/mol. The third-order valence-electron chi connectivity index (χ3n) is 3.16. The number of hydrogen-bond acceptors (Lipinski definition) is 1. The molecule has 0 N–H and O–H groups in total. The molecule has 0 aliphatic heterocycles. The molecule has 0 saturated heterocycles. The van der Waals surface area contributed by atoms with Gasteiger partial charge in [-0.1, -0.05) is 30.3 Å². The van der Waals surface area contributed by atoms with Crippen LogP contribution in [0.5, 0.6) is 0 Å². The largest absolute Gasteiger partial charge is 0.299 e. The molecule has 0 saturated carbocycles. The zero-order valence-corrected chi connectivity index (χ0v) is 11.1. The van der Waals surface area contributed by atoms with Crippen molar-refractivity contribution in [2.24, 2.45) is 0 Å². The van der Waals surface area contributed by atoms with Crippen molar-refractivity contribution in [2.45, 2.75) is 25.7 Å². The Kier molecular flexibility index (Phi) is 4.99. The SMILES string of the molecule is O=C(CCCc1ccccc1)Cc1cc(F)ccc1F. The Morgan fingerprint density at radius 1 is 1.00 bits per heavy atom. The third kappa shape index (κ3) is 4.26. The van der Waals surface area contributed by atoms with Gasteiger partial charge in [0.15, 0.2) is 0 Å². The molecule has 1 nitrogen and oxygen atoms in total. The van der Waals surface area contributed by atoms with Crippen LogP contribution in [0.25, 0.3) is 0 Å². The van der Waals surface area contributed by atoms with Crippen molar-refractivity contribution < 1.29 is 13.6 Å². The van der Waals surface area contributed by atoms with Crippen molar-refractivity contribution in [3.8, 4) is 0 Å². The number of ketones is 1. The standard InChI is InChI=1S/C17H16F2O/c18-15-9-10-17(19)14(11-15)12-16(20)8-4-7-13-5-2-1-3-6-13/h1-3,5-6,9-11H,4,7-8,12H2. The summed E-state index contributed by atoms with van der Waals surface area (Å²) in [6.45, 7) is 0. The van der Waals surface area contributed by atoms with Crippen molar-refractivity contribution in [1.29, 1.82) is 0 Å². The Labute approximate surface area is 117 Å². The molecular formula is C17H16F2O. The lowest BCUT2D eigenvalue weighted by Crippen LogP contribution is -2.05. The topological polar surface area (TPSA) is 17.1 Å². The minimum atomic E-state index is -0.525. The van der Waals surface area contributed by atoms with Crippen LogP contribution in [0.4, 0.5) is 8.78 Å². The number of aryl methyl sites for hydroxylation is 1. The molecule has 104 valence electrons. The van der Waals surface area contributed by atoms with Gasteiger partial charge in [-0.15, -0.1) is 0 Å². The maximum atomic E-state index is 13.4. The Morgan fingerprint density at radius 3 is 2.50 bits per heavy atom. The summed E-state index contributed by atoms with van der Waals surface area (Å²) in [5.74, 6) is -1.10. The first-order valence-corrected chi connectivity index (χ1v) is 6.65. The number of rotatable bonds is 6. The Hall–Kier alpha value is -2.03. The number of benzene rings is 2. The van der Waals surface area contributed by atoms with Gasteiger partial charge in [0.2, 0.25) is 0 Å². The van der Waals surface area contributed by atoms with Gasteiger partial charge in [-0.3, -0.25) is 4.79 Å². The smallest absolute Gasteiger partial charge is 0.137 e. The summed E-state index contributed by atoms with van der Waals surface area (Å²) in [5.41, 5.74) is 1.31. The van der Waals surface area contributed by atoms with Crippen LogP contribution in [0.2, 0.25) is 0 Å². The molecular weight excluding hydrogens is 258 g/mol. The summed E-state index contributed by atoms with van der Waals surface area (Å²) in [6.07, 6.45) is 1.88. The Morgan fingerprint density at radius 2 is 1.75 bits per heavy atom. The molecule has 0 fully saturated rings. The summed E-state index contributed by atoms with van der Waals surface area (Å²) in [7, 11) is 0. The van der Waals surface area contributed by atoms with E-state index in [0.29, 0.717) is 6.42 Å².